The molecule has 5 rings (SSSR count). The lowest BCUT2D eigenvalue weighted by Gasteiger charge is -2.10. The van der Waals surface area contributed by atoms with E-state index in [0.29, 0.717) is 46.5 Å². The fourth-order valence-corrected chi connectivity index (χ4v) is 4.42. The zero-order chi connectivity index (χ0) is 24.9. The topological polar surface area (TPSA) is 82.0 Å². The lowest BCUT2D eigenvalue weighted by molar-refractivity contribution is 0.0947. The van der Waals surface area contributed by atoms with Crippen LogP contribution in [0.3, 0.4) is 0 Å². The molecule has 1 N–H and O–H groups in total. The van der Waals surface area contributed by atoms with Crippen LogP contribution in [0.4, 0.5) is 0 Å². The summed E-state index contributed by atoms with van der Waals surface area (Å²) in [7, 11) is 0. The van der Waals surface area contributed by atoms with E-state index in [1.165, 1.54) is 24.2 Å². The standard InChI is InChI=1S/C27H26ClN3O4S/c1-17(31-25(32)19-3-2-4-20(13-19)26-29-11-12-33-26)5-9-22-15-30-27(36-22)35-24-10-8-21(14-23(24)28)34-16-18-6-7-18/h2-5,8-10,13-15,17-18H,6-7,11-12,16H2,1H3,(H,31,32)/t17-/m0/s1. The van der Waals surface area contributed by atoms with Gasteiger partial charge in [0, 0.05) is 29.4 Å². The Bertz CT molecular complexity index is 1300. The van der Waals surface area contributed by atoms with E-state index >= 15 is 0 Å². The van der Waals surface area contributed by atoms with Gasteiger partial charge in [0.15, 0.2) is 0 Å². The first-order valence-corrected chi connectivity index (χ1v) is 13.1. The molecule has 2 aliphatic rings. The molecule has 2 heterocycles. The number of amides is 1. The molecule has 1 aliphatic carbocycles. The van der Waals surface area contributed by atoms with Crippen molar-refractivity contribution in [1.82, 2.24) is 10.3 Å². The summed E-state index contributed by atoms with van der Waals surface area (Å²) in [6.45, 7) is 3.86. The summed E-state index contributed by atoms with van der Waals surface area (Å²) in [5.41, 5.74) is 1.36. The Kier molecular flexibility index (Phi) is 7.53. The maximum Gasteiger partial charge on any atom is 0.279 e. The lowest BCUT2D eigenvalue weighted by Crippen LogP contribution is -2.31. The fraction of sp³-hybridized carbons (Fsp3) is 0.296. The molecule has 0 radical (unpaired) electrons. The zero-order valence-electron chi connectivity index (χ0n) is 19.8. The van der Waals surface area contributed by atoms with Gasteiger partial charge in [-0.3, -0.25) is 4.79 Å². The van der Waals surface area contributed by atoms with Crippen molar-refractivity contribution in [3.8, 4) is 16.7 Å². The third kappa shape index (κ3) is 6.44. The van der Waals surface area contributed by atoms with E-state index in [1.807, 2.05) is 37.3 Å². The minimum atomic E-state index is -0.190. The molecular weight excluding hydrogens is 498 g/mol. The number of nitrogens with one attached hydrogen (secondary N) is 1. The molecule has 36 heavy (non-hydrogen) atoms. The second-order valence-electron chi connectivity index (χ2n) is 8.71. The summed E-state index contributed by atoms with van der Waals surface area (Å²) in [6.07, 6.45) is 8.01. The SMILES string of the molecule is C[C@@H](C=Cc1cnc(Oc2ccc(OCC3CC3)cc2Cl)s1)NC(=O)c1cccc(C2=NCCO2)c1. The molecule has 7 nitrogen and oxygen atoms in total. The smallest absolute Gasteiger partial charge is 0.279 e. The molecule has 1 fully saturated rings. The largest absolute Gasteiger partial charge is 0.493 e. The molecule has 1 saturated carbocycles. The van der Waals surface area contributed by atoms with Crippen molar-refractivity contribution in [3.05, 3.63) is 75.8 Å². The summed E-state index contributed by atoms with van der Waals surface area (Å²) in [5, 5.41) is 3.94. The molecule has 1 amide bonds. The van der Waals surface area contributed by atoms with E-state index in [1.54, 1.807) is 30.5 Å². The highest BCUT2D eigenvalue weighted by molar-refractivity contribution is 7.14. The van der Waals surface area contributed by atoms with Crippen LogP contribution in [0.5, 0.6) is 16.7 Å². The number of ether oxygens (including phenoxy) is 3. The molecule has 9 heteroatoms. The Labute approximate surface area is 218 Å². The number of aliphatic imine (C=N–C) groups is 1. The van der Waals surface area contributed by atoms with Crippen molar-refractivity contribution in [2.75, 3.05) is 19.8 Å². The number of hydrogen-bond acceptors (Lipinski definition) is 7. The molecule has 1 aliphatic heterocycles. The van der Waals surface area contributed by atoms with Gasteiger partial charge in [-0.25, -0.2) is 9.98 Å². The molecule has 0 spiro atoms. The second-order valence-corrected chi connectivity index (χ2v) is 10.1. The molecule has 0 unspecified atom stereocenters. The first-order chi connectivity index (χ1) is 17.5. The number of thiazole rings is 1. The Morgan fingerprint density at radius 3 is 2.97 bits per heavy atom. The highest BCUT2D eigenvalue weighted by Gasteiger charge is 2.22. The van der Waals surface area contributed by atoms with Crippen molar-refractivity contribution >= 4 is 40.8 Å². The fourth-order valence-electron chi connectivity index (χ4n) is 3.52. The highest BCUT2D eigenvalue weighted by Crippen LogP contribution is 2.35. The molecule has 1 aromatic heterocycles. The second kappa shape index (κ2) is 11.1. The third-order valence-electron chi connectivity index (χ3n) is 5.65. The summed E-state index contributed by atoms with van der Waals surface area (Å²) in [5.74, 6) is 2.36. The highest BCUT2D eigenvalue weighted by atomic mass is 35.5. The van der Waals surface area contributed by atoms with Crippen LogP contribution in [0, 0.1) is 5.92 Å². The van der Waals surface area contributed by atoms with Gasteiger partial charge < -0.3 is 19.5 Å². The molecule has 1 atom stereocenters. The quantitative estimate of drug-likeness (QED) is 0.353. The number of nitrogens with zero attached hydrogens (tertiary/aromatic N) is 2. The van der Waals surface area contributed by atoms with Crippen LogP contribution >= 0.6 is 22.9 Å². The Balaban J connectivity index is 1.14. The summed E-state index contributed by atoms with van der Waals surface area (Å²) in [4.78, 5) is 22.2. The maximum atomic E-state index is 12.7. The van der Waals surface area contributed by atoms with E-state index in [2.05, 4.69) is 15.3 Å². The zero-order valence-corrected chi connectivity index (χ0v) is 21.3. The van der Waals surface area contributed by atoms with Gasteiger partial charge >= 0.3 is 0 Å². The summed E-state index contributed by atoms with van der Waals surface area (Å²) in [6, 6.07) is 12.5. The van der Waals surface area contributed by atoms with Gasteiger partial charge in [-0.1, -0.05) is 35.1 Å². The lowest BCUT2D eigenvalue weighted by atomic mass is 10.1. The predicted octanol–water partition coefficient (Wildman–Crippen LogP) is 5.99. The Morgan fingerprint density at radius 1 is 1.31 bits per heavy atom. The maximum absolute atomic E-state index is 12.7. The van der Waals surface area contributed by atoms with Crippen LogP contribution < -0.4 is 14.8 Å². The van der Waals surface area contributed by atoms with Gasteiger partial charge in [0.25, 0.3) is 11.1 Å². The molecule has 2 aromatic carbocycles. The van der Waals surface area contributed by atoms with E-state index in [0.717, 1.165) is 22.8 Å². The van der Waals surface area contributed by atoms with Crippen molar-refractivity contribution in [3.63, 3.8) is 0 Å². The van der Waals surface area contributed by atoms with Crippen LogP contribution in [-0.2, 0) is 4.74 Å². The van der Waals surface area contributed by atoms with Gasteiger partial charge in [0.05, 0.1) is 23.1 Å². The first-order valence-electron chi connectivity index (χ1n) is 11.9. The third-order valence-corrected chi connectivity index (χ3v) is 6.79. The number of benzene rings is 2. The van der Waals surface area contributed by atoms with E-state index < -0.39 is 0 Å². The minimum Gasteiger partial charge on any atom is -0.493 e. The predicted molar refractivity (Wildman–Crippen MR) is 142 cm³/mol. The van der Waals surface area contributed by atoms with E-state index in [-0.39, 0.29) is 11.9 Å². The van der Waals surface area contributed by atoms with Crippen LogP contribution in [0.1, 0.15) is 40.6 Å². The molecular formula is C27H26ClN3O4S. The van der Waals surface area contributed by atoms with Gasteiger partial charge in [-0.2, -0.15) is 0 Å². The average molecular weight is 524 g/mol. The normalized spacial score (nSPS) is 15.9. The number of carbonyl (C=O) groups is 1. The average Bonchev–Trinajstić information content (AvgIpc) is 3.34. The van der Waals surface area contributed by atoms with Crippen molar-refractivity contribution in [2.45, 2.75) is 25.8 Å². The first kappa shape index (κ1) is 24.3. The molecule has 0 bridgehead atoms. The van der Waals surface area contributed by atoms with Crippen LogP contribution in [0.2, 0.25) is 5.02 Å². The van der Waals surface area contributed by atoms with Gasteiger partial charge in [-0.05, 0) is 62.1 Å². The van der Waals surface area contributed by atoms with Crippen molar-refractivity contribution < 1.29 is 19.0 Å². The number of aromatic nitrogens is 1. The molecule has 3 aromatic rings. The van der Waals surface area contributed by atoms with Gasteiger partial charge in [0.1, 0.15) is 18.1 Å². The molecule has 186 valence electrons. The van der Waals surface area contributed by atoms with Crippen molar-refractivity contribution in [1.29, 1.82) is 0 Å². The van der Waals surface area contributed by atoms with E-state index in [4.69, 9.17) is 25.8 Å². The number of carbonyl (C=O) groups excluding carboxylic acids is 1. The van der Waals surface area contributed by atoms with E-state index in [9.17, 15) is 4.79 Å². The Morgan fingerprint density at radius 2 is 2.19 bits per heavy atom. The van der Waals surface area contributed by atoms with Gasteiger partial charge in [-0.15, -0.1) is 0 Å². The number of hydrogen-bond donors (Lipinski definition) is 1. The number of halogens is 1. The van der Waals surface area contributed by atoms with Crippen molar-refractivity contribution in [2.24, 2.45) is 10.9 Å². The molecule has 0 saturated heterocycles. The van der Waals surface area contributed by atoms with Crippen LogP contribution in [-0.4, -0.2) is 42.6 Å². The Hall–Kier alpha value is -3.36. The van der Waals surface area contributed by atoms with Gasteiger partial charge in [0.2, 0.25) is 5.90 Å². The van der Waals surface area contributed by atoms with Crippen LogP contribution in [0.25, 0.3) is 6.08 Å². The summed E-state index contributed by atoms with van der Waals surface area (Å²) < 4.78 is 17.1. The number of rotatable bonds is 10. The minimum absolute atomic E-state index is 0.167. The van der Waals surface area contributed by atoms with Crippen LogP contribution in [0.15, 0.2) is 59.7 Å². The summed E-state index contributed by atoms with van der Waals surface area (Å²) >= 11 is 7.76. The monoisotopic (exact) mass is 523 g/mol.